The molecule has 2 aromatic rings. The van der Waals surface area contributed by atoms with E-state index >= 15 is 0 Å². The van der Waals surface area contributed by atoms with E-state index in [1.54, 1.807) is 13.0 Å². The molecule has 48 heavy (non-hydrogen) atoms. The highest BCUT2D eigenvalue weighted by Gasteiger charge is 2.68. The molecule has 1 aromatic heterocycles. The third-order valence-corrected chi connectivity index (χ3v) is 14.6. The third-order valence-electron chi connectivity index (χ3n) is 14.6. The molecular weight excluding hydrogens is 598 g/mol. The quantitative estimate of drug-likeness (QED) is 0.258. The van der Waals surface area contributed by atoms with Crippen molar-refractivity contribution in [1.82, 2.24) is 4.57 Å². The van der Waals surface area contributed by atoms with E-state index in [2.05, 4.69) is 71.8 Å². The van der Waals surface area contributed by atoms with Crippen LogP contribution in [0.3, 0.4) is 0 Å². The van der Waals surface area contributed by atoms with Gasteiger partial charge in [-0.15, -0.1) is 0 Å². The first-order chi connectivity index (χ1) is 22.3. The van der Waals surface area contributed by atoms with Gasteiger partial charge in [0, 0.05) is 33.4 Å². The summed E-state index contributed by atoms with van der Waals surface area (Å²) in [4.78, 5) is 26.7. The van der Waals surface area contributed by atoms with E-state index in [9.17, 15) is 19.8 Å². The number of hydrogen-bond acceptors (Lipinski definition) is 5. The molecule has 2 aliphatic heterocycles. The number of rotatable bonds is 4. The summed E-state index contributed by atoms with van der Waals surface area (Å²) in [5.74, 6) is 0.475. The second-order valence-corrected chi connectivity index (χ2v) is 18.2. The number of ketones is 2. The molecule has 6 heteroatoms. The van der Waals surface area contributed by atoms with Gasteiger partial charge < -0.3 is 19.5 Å². The number of ether oxygens (including phenoxy) is 1. The van der Waals surface area contributed by atoms with Crippen LogP contribution in [0, 0.1) is 28.6 Å². The van der Waals surface area contributed by atoms with E-state index in [4.69, 9.17) is 4.74 Å². The van der Waals surface area contributed by atoms with E-state index in [-0.39, 0.29) is 39.6 Å². The Kier molecular flexibility index (Phi) is 6.55. The van der Waals surface area contributed by atoms with Crippen LogP contribution in [0.15, 0.2) is 36.4 Å². The summed E-state index contributed by atoms with van der Waals surface area (Å²) in [5, 5.41) is 24.9. The van der Waals surface area contributed by atoms with Crippen LogP contribution in [0.4, 0.5) is 0 Å². The van der Waals surface area contributed by atoms with E-state index in [1.807, 2.05) is 13.0 Å². The zero-order valence-corrected chi connectivity index (χ0v) is 30.3. The second kappa shape index (κ2) is 9.70. The molecule has 256 valence electrons. The number of Topliss-reactive ketones (excluding diaryl/α,β-unsaturated/α-hetero) is 1. The molecule has 2 unspecified atom stereocenters. The number of allylic oxidation sites excluding steroid dienone is 3. The van der Waals surface area contributed by atoms with Crippen molar-refractivity contribution in [3.63, 3.8) is 0 Å². The fourth-order valence-electron chi connectivity index (χ4n) is 12.7. The molecule has 2 saturated carbocycles. The Hall–Kier alpha value is -2.80. The topological polar surface area (TPSA) is 88.8 Å². The number of aliphatic hydroxyl groups excluding tert-OH is 2. The molecule has 1 aromatic carbocycles. The summed E-state index contributed by atoms with van der Waals surface area (Å²) < 4.78 is 8.89. The van der Waals surface area contributed by atoms with Crippen LogP contribution in [0.5, 0.6) is 0 Å². The Morgan fingerprint density at radius 1 is 1.08 bits per heavy atom. The van der Waals surface area contributed by atoms with E-state index in [1.165, 1.54) is 11.3 Å². The van der Waals surface area contributed by atoms with Crippen LogP contribution in [0.1, 0.15) is 139 Å². The van der Waals surface area contributed by atoms with Crippen LogP contribution in [-0.2, 0) is 21.4 Å². The van der Waals surface area contributed by atoms with Crippen molar-refractivity contribution in [2.75, 3.05) is 0 Å². The fraction of sp³-hybridized carbons (Fsp3) is 0.619. The first-order valence-electron chi connectivity index (χ1n) is 18.2. The zero-order chi connectivity index (χ0) is 34.7. The summed E-state index contributed by atoms with van der Waals surface area (Å²) in [7, 11) is 0. The lowest BCUT2D eigenvalue weighted by Gasteiger charge is -2.65. The highest BCUT2D eigenvalue weighted by atomic mass is 16.5. The van der Waals surface area contributed by atoms with Gasteiger partial charge in [-0.2, -0.15) is 0 Å². The Bertz CT molecular complexity index is 1910. The number of hydrogen-bond donors (Lipinski definition) is 2. The normalized spacial score (nSPS) is 40.0. The van der Waals surface area contributed by atoms with Crippen LogP contribution in [-0.4, -0.2) is 43.7 Å². The van der Waals surface area contributed by atoms with Crippen molar-refractivity contribution in [1.29, 1.82) is 0 Å². The van der Waals surface area contributed by atoms with Crippen LogP contribution >= 0.6 is 0 Å². The highest BCUT2D eigenvalue weighted by molar-refractivity contribution is 6.18. The molecule has 9 atom stereocenters. The van der Waals surface area contributed by atoms with Crippen molar-refractivity contribution in [3.8, 4) is 0 Å². The number of nitrogens with zero attached hydrogens (tertiary/aromatic N) is 1. The highest BCUT2D eigenvalue weighted by Crippen LogP contribution is 2.72. The minimum atomic E-state index is -0.841. The van der Waals surface area contributed by atoms with Gasteiger partial charge in [0.2, 0.25) is 0 Å². The minimum absolute atomic E-state index is 0.0314. The van der Waals surface area contributed by atoms with Crippen molar-refractivity contribution in [2.45, 2.75) is 136 Å². The summed E-state index contributed by atoms with van der Waals surface area (Å²) >= 11 is 0. The number of aromatic nitrogens is 1. The Balaban J connectivity index is 1.38. The maximum atomic E-state index is 14.8. The lowest BCUT2D eigenvalue weighted by molar-refractivity contribution is -0.163. The maximum absolute atomic E-state index is 14.8. The number of carbonyl (C=O) groups excluding carboxylic acids is 2. The Morgan fingerprint density at radius 2 is 1.79 bits per heavy atom. The smallest absolute Gasteiger partial charge is 0.192 e. The molecule has 2 N–H and O–H groups in total. The summed E-state index contributed by atoms with van der Waals surface area (Å²) in [6.45, 7) is 23.4. The molecular formula is C42H53NO5. The van der Waals surface area contributed by atoms with Gasteiger partial charge in [0.25, 0.3) is 0 Å². The lowest BCUT2D eigenvalue weighted by Crippen LogP contribution is -2.62. The average molecular weight is 652 g/mol. The summed E-state index contributed by atoms with van der Waals surface area (Å²) in [5.41, 5.74) is 6.12. The molecule has 6 aliphatic rings. The van der Waals surface area contributed by atoms with E-state index < -0.39 is 29.5 Å². The maximum Gasteiger partial charge on any atom is 0.192 e. The van der Waals surface area contributed by atoms with Crippen LogP contribution < -0.4 is 0 Å². The van der Waals surface area contributed by atoms with Gasteiger partial charge in [-0.25, -0.2) is 0 Å². The van der Waals surface area contributed by atoms with Gasteiger partial charge in [-0.05, 0) is 132 Å². The largest absolute Gasteiger partial charge is 0.393 e. The van der Waals surface area contributed by atoms with Gasteiger partial charge in [0.05, 0.1) is 34.5 Å². The number of fused-ring (bicyclic) bond motifs is 11. The van der Waals surface area contributed by atoms with E-state index in [0.29, 0.717) is 24.3 Å². The molecule has 0 amide bonds. The summed E-state index contributed by atoms with van der Waals surface area (Å²) in [6, 6.07) is 1.80. The number of benzene rings is 1. The predicted octanol–water partition coefficient (Wildman–Crippen LogP) is 8.13. The summed E-state index contributed by atoms with van der Waals surface area (Å²) in [6.07, 6.45) is 9.87. The molecule has 0 saturated heterocycles. The standard InChI is InChI=1S/C42H53NO5/c1-21(2)33-36(47)31-30-24(27-20-38(4,5)48-39(6,7)32(27)35(30)46)19-25-26-18-23-13-14-28-40(8,16-11-12-22(3)44)29(45)15-17-41(28,9)42(23,10)37(26)43(33)34(25)31/h11-12,19-20,23,28-29,32-33,35,45-46H,1,13-18H2,2-10H3/b12-11+/t23?,28-,29-,32?,33-,35+,40-,41-,42+/m0/s1. The SMILES string of the molecule is C=C(C)[C@H]1C(=O)c2c3c(cc4c5c(n1c24)[C@@]1(C)C(CC[C@H]2[C@](C)(C/C=C/C(C)=O)[C@@H](O)CC[C@@]21C)C5)C1=CC(C)(C)OC(C)(C)C1[C@@H]3O. The first kappa shape index (κ1) is 32.4. The molecule has 0 bridgehead atoms. The van der Waals surface area contributed by atoms with E-state index in [0.717, 1.165) is 58.9 Å². The molecule has 0 spiro atoms. The van der Waals surface area contributed by atoms with Gasteiger partial charge in [0.1, 0.15) is 6.04 Å². The number of aliphatic hydroxyl groups is 2. The lowest BCUT2D eigenvalue weighted by atomic mass is 9.40. The fourth-order valence-corrected chi connectivity index (χ4v) is 12.7. The first-order valence-corrected chi connectivity index (χ1v) is 18.2. The second-order valence-electron chi connectivity index (χ2n) is 18.2. The minimum Gasteiger partial charge on any atom is -0.393 e. The Labute approximate surface area is 285 Å². The zero-order valence-electron chi connectivity index (χ0n) is 30.3. The molecule has 0 radical (unpaired) electrons. The predicted molar refractivity (Wildman–Crippen MR) is 189 cm³/mol. The van der Waals surface area contributed by atoms with Crippen LogP contribution in [0.2, 0.25) is 0 Å². The molecule has 4 aliphatic carbocycles. The van der Waals surface area contributed by atoms with Crippen molar-refractivity contribution in [2.24, 2.45) is 28.6 Å². The van der Waals surface area contributed by atoms with Crippen LogP contribution in [0.25, 0.3) is 16.5 Å². The Morgan fingerprint density at radius 3 is 2.46 bits per heavy atom. The molecule has 3 heterocycles. The van der Waals surface area contributed by atoms with Gasteiger partial charge in [0.15, 0.2) is 11.6 Å². The molecule has 6 nitrogen and oxygen atoms in total. The van der Waals surface area contributed by atoms with Gasteiger partial charge >= 0.3 is 0 Å². The molecule has 2 fully saturated rings. The number of carbonyl (C=O) groups is 2. The molecule has 8 rings (SSSR count). The van der Waals surface area contributed by atoms with Crippen molar-refractivity contribution < 1.29 is 24.5 Å². The third kappa shape index (κ3) is 3.75. The van der Waals surface area contributed by atoms with Crippen molar-refractivity contribution in [3.05, 3.63) is 64.4 Å². The van der Waals surface area contributed by atoms with Crippen molar-refractivity contribution >= 4 is 28.0 Å². The average Bonchev–Trinajstić information content (AvgIpc) is 3.63. The monoisotopic (exact) mass is 651 g/mol. The van der Waals surface area contributed by atoms with Gasteiger partial charge in [-0.3, -0.25) is 9.59 Å². The van der Waals surface area contributed by atoms with Gasteiger partial charge in [-0.1, -0.05) is 39.0 Å².